The molecule has 2 bridgehead atoms. The Morgan fingerprint density at radius 1 is 0.950 bits per heavy atom. The van der Waals surface area contributed by atoms with Gasteiger partial charge in [0.15, 0.2) is 6.10 Å². The molecule has 2 aromatic carbocycles. The third kappa shape index (κ3) is 5.04. The molecule has 11 atom stereocenters. The highest BCUT2D eigenvalue weighted by Crippen LogP contribution is 2.68. The van der Waals surface area contributed by atoms with E-state index in [9.17, 15) is 14.7 Å². The van der Waals surface area contributed by atoms with Crippen LogP contribution in [-0.4, -0.2) is 123 Å². The van der Waals surface area contributed by atoms with E-state index in [1.807, 2.05) is 31.0 Å². The van der Waals surface area contributed by atoms with E-state index in [2.05, 4.69) is 51.2 Å². The number of nitrogens with one attached hydrogen (secondary N) is 1. The number of carbonyl (C=O) groups is 3. The topological polar surface area (TPSA) is 134 Å². The number of aromatic nitrogens is 1. The van der Waals surface area contributed by atoms with Crippen LogP contribution in [0.15, 0.2) is 48.6 Å². The summed E-state index contributed by atoms with van der Waals surface area (Å²) in [6.07, 6.45) is 10.1. The number of ether oxygens (including phenoxy) is 4. The predicted molar refractivity (Wildman–Crippen MR) is 226 cm³/mol. The van der Waals surface area contributed by atoms with Gasteiger partial charge in [0.05, 0.1) is 27.4 Å². The van der Waals surface area contributed by atoms with Crippen LogP contribution < -0.4 is 9.64 Å². The second-order valence-electron chi connectivity index (χ2n) is 19.0. The predicted octanol–water partition coefficient (Wildman–Crippen LogP) is 5.27. The van der Waals surface area contributed by atoms with E-state index in [1.165, 1.54) is 40.4 Å². The van der Waals surface area contributed by atoms with Crippen molar-refractivity contribution in [2.45, 2.75) is 99.8 Å². The second-order valence-corrected chi connectivity index (χ2v) is 19.0. The molecule has 1 aromatic heterocycles. The Kier molecular flexibility index (Phi) is 9.32. The molecule has 1 spiro atoms. The SMILES string of the molecule is CC[C@]12C=CCN3CCC4(c5cc([C@]6(C(=O)OC)C[C@@H]7CN(CCc8c6[nH]c6ccccc86)C[C@@H]6CCCC[C@@H]67)c(OC)cc5N(C)C4[C@](O)(C(=O)OC)C1OC(C)=O)[C@@H]32. The lowest BCUT2D eigenvalue weighted by Crippen LogP contribution is -2.81. The average molecular weight is 821 g/mol. The summed E-state index contributed by atoms with van der Waals surface area (Å²) in [6.45, 7) is 7.65. The van der Waals surface area contributed by atoms with Gasteiger partial charge < -0.3 is 38.8 Å². The fourth-order valence-electron chi connectivity index (χ4n) is 14.7. The number of piperidine rings is 1. The lowest BCUT2D eigenvalue weighted by atomic mass is 9.47. The molecule has 2 N–H and O–H groups in total. The second kappa shape index (κ2) is 14.1. The fraction of sp³-hybridized carbons (Fsp3) is 0.604. The molecule has 2 aliphatic carbocycles. The molecule has 60 heavy (non-hydrogen) atoms. The molecule has 3 aromatic rings. The normalized spacial score (nSPS) is 37.6. The molecule has 7 aliphatic rings. The number of aromatic amines is 1. The number of para-hydroxylation sites is 1. The number of hydrogen-bond donors (Lipinski definition) is 2. The highest BCUT2D eigenvalue weighted by molar-refractivity contribution is 5.95. The van der Waals surface area contributed by atoms with Crippen molar-refractivity contribution in [1.29, 1.82) is 0 Å². The number of rotatable bonds is 6. The number of H-pyrrole nitrogens is 1. The molecule has 5 aliphatic heterocycles. The molecular weight excluding hydrogens is 761 g/mol. The Morgan fingerprint density at radius 2 is 1.72 bits per heavy atom. The van der Waals surface area contributed by atoms with Gasteiger partial charge in [-0.2, -0.15) is 0 Å². The van der Waals surface area contributed by atoms with Crippen LogP contribution in [0.5, 0.6) is 5.75 Å². The van der Waals surface area contributed by atoms with Crippen molar-refractivity contribution in [1.82, 2.24) is 14.8 Å². The van der Waals surface area contributed by atoms with Gasteiger partial charge in [0.1, 0.15) is 11.2 Å². The highest BCUT2D eigenvalue weighted by Gasteiger charge is 2.80. The zero-order chi connectivity index (χ0) is 41.9. The number of fused-ring (bicyclic) bond motifs is 8. The smallest absolute Gasteiger partial charge is 0.344 e. The van der Waals surface area contributed by atoms with Gasteiger partial charge in [-0.25, -0.2) is 4.79 Å². The Labute approximate surface area is 352 Å². The van der Waals surface area contributed by atoms with Crippen LogP contribution >= 0.6 is 0 Å². The molecule has 0 radical (unpaired) electrons. The molecule has 10 rings (SSSR count). The minimum atomic E-state index is -2.27. The number of esters is 3. The van der Waals surface area contributed by atoms with Crippen LogP contribution in [0.1, 0.15) is 81.2 Å². The Morgan fingerprint density at radius 3 is 2.47 bits per heavy atom. The maximum atomic E-state index is 15.5. The summed E-state index contributed by atoms with van der Waals surface area (Å²) in [6, 6.07) is 11.4. The van der Waals surface area contributed by atoms with Crippen LogP contribution in [-0.2, 0) is 45.8 Å². The number of carbonyl (C=O) groups excluding carboxylic acids is 3. The van der Waals surface area contributed by atoms with Crippen molar-refractivity contribution >= 4 is 34.5 Å². The van der Waals surface area contributed by atoms with Gasteiger partial charge >= 0.3 is 17.9 Å². The lowest BCUT2D eigenvalue weighted by molar-refractivity contribution is -0.228. The Bertz CT molecular complexity index is 2290. The molecule has 0 amide bonds. The number of likely N-dealkylation sites (N-methyl/N-ethyl adjacent to an activating group) is 1. The number of benzene rings is 2. The number of nitrogens with zero attached hydrogens (tertiary/aromatic N) is 3. The first-order valence-corrected chi connectivity index (χ1v) is 22.2. The first-order valence-electron chi connectivity index (χ1n) is 22.2. The standard InChI is InChI=1S/C48H60N4O8/c1-7-45-18-12-20-52-22-19-46(40(45)52)34-23-35(38(57-4)24-37(34)50(3)41(46)48(56,44(55)59-6)42(45)60-28(2)53)47(43(54)58-5)25-30-27-51(26-29-13-8-9-14-31(29)30)21-17-33-32-15-10-11-16-36(32)49-39(33)47/h10-12,15-16,18,23-24,29-31,40-42,49,56H,7-9,13-14,17,19-22,25-27H2,1-6H3/t29-,30+,31-,40-,41?,42?,45+,46?,47+,48+/m0/s1. The number of methoxy groups -OCH3 is 3. The van der Waals surface area contributed by atoms with Gasteiger partial charge in [0.2, 0.25) is 5.60 Å². The van der Waals surface area contributed by atoms with Gasteiger partial charge in [-0.15, -0.1) is 0 Å². The maximum Gasteiger partial charge on any atom is 0.344 e. The van der Waals surface area contributed by atoms with E-state index in [0.717, 1.165) is 71.5 Å². The van der Waals surface area contributed by atoms with Gasteiger partial charge in [-0.1, -0.05) is 50.1 Å². The van der Waals surface area contributed by atoms with Gasteiger partial charge in [0, 0.05) is 90.9 Å². The van der Waals surface area contributed by atoms with Crippen LogP contribution in [0, 0.1) is 23.2 Å². The summed E-state index contributed by atoms with van der Waals surface area (Å²) in [5.41, 5.74) is 0.0512. The zero-order valence-electron chi connectivity index (χ0n) is 35.9. The van der Waals surface area contributed by atoms with Crippen molar-refractivity contribution in [3.8, 4) is 5.75 Å². The van der Waals surface area contributed by atoms with Crippen LogP contribution in [0.4, 0.5) is 5.69 Å². The minimum absolute atomic E-state index is 0.217. The number of aliphatic hydroxyl groups is 1. The van der Waals surface area contributed by atoms with E-state index >= 15 is 4.79 Å². The summed E-state index contributed by atoms with van der Waals surface area (Å²) in [4.78, 5) is 53.9. The maximum absolute atomic E-state index is 15.5. The van der Waals surface area contributed by atoms with E-state index in [4.69, 9.17) is 18.9 Å². The van der Waals surface area contributed by atoms with E-state index in [0.29, 0.717) is 49.9 Å². The van der Waals surface area contributed by atoms with Crippen molar-refractivity contribution in [3.63, 3.8) is 0 Å². The van der Waals surface area contributed by atoms with Gasteiger partial charge in [-0.3, -0.25) is 14.5 Å². The third-order valence-electron chi connectivity index (χ3n) is 16.8. The number of anilines is 1. The summed E-state index contributed by atoms with van der Waals surface area (Å²) in [5.74, 6) is 0.0532. The summed E-state index contributed by atoms with van der Waals surface area (Å²) < 4.78 is 24.2. The quantitative estimate of drug-likeness (QED) is 0.192. The lowest BCUT2D eigenvalue weighted by Gasteiger charge is -2.63. The van der Waals surface area contributed by atoms with Crippen LogP contribution in [0.2, 0.25) is 0 Å². The molecule has 2 saturated heterocycles. The summed E-state index contributed by atoms with van der Waals surface area (Å²) in [5, 5.41) is 14.5. The minimum Gasteiger partial charge on any atom is -0.496 e. The molecule has 4 unspecified atom stereocenters. The monoisotopic (exact) mass is 820 g/mol. The molecule has 2 saturated carbocycles. The van der Waals surface area contributed by atoms with Crippen molar-refractivity contribution < 1.29 is 38.4 Å². The van der Waals surface area contributed by atoms with Gasteiger partial charge in [-0.05, 0) is 86.1 Å². The Balaban J connectivity index is 1.28. The summed E-state index contributed by atoms with van der Waals surface area (Å²) >= 11 is 0. The third-order valence-corrected chi connectivity index (χ3v) is 16.8. The Hall–Kier alpha value is -4.39. The van der Waals surface area contributed by atoms with E-state index in [-0.39, 0.29) is 17.9 Å². The molecule has 6 heterocycles. The highest BCUT2D eigenvalue weighted by atomic mass is 16.6. The number of hydrogen-bond acceptors (Lipinski definition) is 11. The van der Waals surface area contributed by atoms with Crippen molar-refractivity contribution in [3.05, 3.63) is 70.9 Å². The molecular formula is C48H60N4O8. The van der Waals surface area contributed by atoms with Crippen molar-refractivity contribution in [2.24, 2.45) is 23.2 Å². The van der Waals surface area contributed by atoms with Crippen LogP contribution in [0.3, 0.4) is 0 Å². The molecule has 12 heteroatoms. The summed E-state index contributed by atoms with van der Waals surface area (Å²) in [7, 11) is 6.34. The van der Waals surface area contributed by atoms with Crippen LogP contribution in [0.25, 0.3) is 10.9 Å². The van der Waals surface area contributed by atoms with E-state index in [1.54, 1.807) is 7.11 Å². The van der Waals surface area contributed by atoms with E-state index < -0.39 is 45.9 Å². The van der Waals surface area contributed by atoms with Crippen molar-refractivity contribution in [2.75, 3.05) is 66.0 Å². The first-order chi connectivity index (χ1) is 28.9. The largest absolute Gasteiger partial charge is 0.496 e. The first kappa shape index (κ1) is 39.7. The molecule has 320 valence electrons. The van der Waals surface area contributed by atoms with Gasteiger partial charge in [0.25, 0.3) is 0 Å². The zero-order valence-corrected chi connectivity index (χ0v) is 35.9. The molecule has 12 nitrogen and oxygen atoms in total. The molecule has 4 fully saturated rings. The fourth-order valence-corrected chi connectivity index (χ4v) is 14.7. The average Bonchev–Trinajstić information content (AvgIpc) is 3.92.